The highest BCUT2D eigenvalue weighted by atomic mass is 32.2. The van der Waals surface area contributed by atoms with Gasteiger partial charge in [0.1, 0.15) is 0 Å². The van der Waals surface area contributed by atoms with Crippen LogP contribution in [0.15, 0.2) is 45.7 Å². The first kappa shape index (κ1) is 15.8. The van der Waals surface area contributed by atoms with E-state index in [1.807, 2.05) is 17.0 Å². The van der Waals surface area contributed by atoms with Crippen LogP contribution in [0.5, 0.6) is 0 Å². The molecule has 2 rings (SSSR count). The van der Waals surface area contributed by atoms with Crippen LogP contribution in [0.25, 0.3) is 0 Å². The van der Waals surface area contributed by atoms with Gasteiger partial charge in [0.25, 0.3) is 10.0 Å². The molecule has 0 atom stereocenters. The normalized spacial score (nSPS) is 13.4. The molecule has 0 saturated heterocycles. The summed E-state index contributed by atoms with van der Waals surface area (Å²) in [5.41, 5.74) is 1.09. The average molecular weight is 325 g/mol. The molecule has 21 heavy (non-hydrogen) atoms. The second-order valence-electron chi connectivity index (χ2n) is 5.73. The van der Waals surface area contributed by atoms with Crippen molar-refractivity contribution in [3.05, 3.63) is 46.2 Å². The number of aromatic nitrogens is 1. The van der Waals surface area contributed by atoms with Crippen LogP contribution in [0.3, 0.4) is 0 Å². The molecule has 0 saturated carbocycles. The zero-order valence-corrected chi connectivity index (χ0v) is 14.1. The summed E-state index contributed by atoms with van der Waals surface area (Å²) in [6.07, 6.45) is 0. The smallest absolute Gasteiger partial charge is 0.276 e. The lowest BCUT2D eigenvalue weighted by molar-refractivity contribution is 0.535. The van der Waals surface area contributed by atoms with Gasteiger partial charge in [0, 0.05) is 23.5 Å². The maximum atomic E-state index is 12.1. The van der Waals surface area contributed by atoms with Crippen molar-refractivity contribution >= 4 is 21.4 Å². The molecule has 0 spiro atoms. The van der Waals surface area contributed by atoms with Crippen LogP contribution in [0.1, 0.15) is 26.5 Å². The van der Waals surface area contributed by atoms with Gasteiger partial charge in [-0.25, -0.2) is 0 Å². The number of sulfonamides is 1. The highest BCUT2D eigenvalue weighted by Crippen LogP contribution is 2.21. The van der Waals surface area contributed by atoms with Crippen LogP contribution < -0.4 is 9.63 Å². The standard InChI is InChI=1S/C14H19N3O2S2/c1-14(2,3)12-10-20-13(17(12)4)15-16-21(18,19)11-8-6-5-7-9-11/h5-10,16H,1-4H3/b15-13+. The highest BCUT2D eigenvalue weighted by molar-refractivity contribution is 7.89. The third-order valence-electron chi connectivity index (χ3n) is 3.01. The first-order chi connectivity index (χ1) is 9.72. The third kappa shape index (κ3) is 3.54. The second-order valence-corrected chi connectivity index (χ2v) is 8.23. The van der Waals surface area contributed by atoms with Crippen molar-refractivity contribution in [2.45, 2.75) is 31.1 Å². The fraction of sp³-hybridized carbons (Fsp3) is 0.357. The first-order valence-corrected chi connectivity index (χ1v) is 8.84. The van der Waals surface area contributed by atoms with Gasteiger partial charge in [0.15, 0.2) is 0 Å². The van der Waals surface area contributed by atoms with Gasteiger partial charge >= 0.3 is 0 Å². The number of hydrogen-bond donors (Lipinski definition) is 1. The molecule has 114 valence electrons. The molecule has 0 aliphatic rings. The van der Waals surface area contributed by atoms with Gasteiger partial charge in [-0.05, 0) is 12.1 Å². The molecule has 7 heteroatoms. The summed E-state index contributed by atoms with van der Waals surface area (Å²) in [4.78, 5) is 3.09. The lowest BCUT2D eigenvalue weighted by Crippen LogP contribution is -2.26. The number of thiazole rings is 1. The monoisotopic (exact) mass is 325 g/mol. The quantitative estimate of drug-likeness (QED) is 0.879. The summed E-state index contributed by atoms with van der Waals surface area (Å²) < 4.78 is 26.1. The van der Waals surface area contributed by atoms with E-state index < -0.39 is 10.0 Å². The Balaban J connectivity index is 2.33. The third-order valence-corrected chi connectivity index (χ3v) is 5.15. The average Bonchev–Trinajstić information content (AvgIpc) is 2.79. The van der Waals surface area contributed by atoms with Crippen molar-refractivity contribution in [2.24, 2.45) is 12.1 Å². The van der Waals surface area contributed by atoms with Gasteiger partial charge in [-0.2, -0.15) is 13.2 Å². The van der Waals surface area contributed by atoms with E-state index in [9.17, 15) is 8.42 Å². The van der Waals surface area contributed by atoms with Crippen LogP contribution in [0.4, 0.5) is 0 Å². The highest BCUT2D eigenvalue weighted by Gasteiger charge is 2.18. The molecule has 0 unspecified atom stereocenters. The second kappa shape index (κ2) is 5.65. The summed E-state index contributed by atoms with van der Waals surface area (Å²) in [7, 11) is -1.74. The van der Waals surface area contributed by atoms with Gasteiger partial charge < -0.3 is 4.57 Å². The van der Waals surface area contributed by atoms with Crippen molar-refractivity contribution < 1.29 is 8.42 Å². The van der Waals surface area contributed by atoms with Gasteiger partial charge in [0.2, 0.25) is 4.80 Å². The summed E-state index contributed by atoms with van der Waals surface area (Å²) >= 11 is 1.41. The fourth-order valence-corrected chi connectivity index (χ4v) is 3.87. The minimum Gasteiger partial charge on any atom is -0.322 e. The van der Waals surface area contributed by atoms with E-state index in [1.165, 1.54) is 23.5 Å². The lowest BCUT2D eigenvalue weighted by atomic mass is 9.93. The van der Waals surface area contributed by atoms with Gasteiger partial charge in [-0.1, -0.05) is 39.0 Å². The van der Waals surface area contributed by atoms with E-state index in [0.29, 0.717) is 4.80 Å². The molecule has 1 aromatic heterocycles. The molecule has 0 radical (unpaired) electrons. The van der Waals surface area contributed by atoms with Crippen LogP contribution >= 0.6 is 11.3 Å². The predicted octanol–water partition coefficient (Wildman–Crippen LogP) is 2.18. The Morgan fingerprint density at radius 1 is 1.19 bits per heavy atom. The summed E-state index contributed by atoms with van der Waals surface area (Å²) in [5.74, 6) is 0. The zero-order chi connectivity index (χ0) is 15.7. The Morgan fingerprint density at radius 3 is 2.33 bits per heavy atom. The van der Waals surface area contributed by atoms with Crippen molar-refractivity contribution in [1.82, 2.24) is 9.40 Å². The zero-order valence-electron chi connectivity index (χ0n) is 12.5. The molecule has 1 N–H and O–H groups in total. The minimum atomic E-state index is -3.62. The maximum Gasteiger partial charge on any atom is 0.276 e. The maximum absolute atomic E-state index is 12.1. The Labute approximate surface area is 129 Å². The Bertz CT molecular complexity index is 782. The van der Waals surface area contributed by atoms with E-state index in [0.717, 1.165) is 5.69 Å². The number of nitrogens with one attached hydrogen (secondary N) is 1. The minimum absolute atomic E-state index is 0.0165. The Kier molecular flexibility index (Phi) is 4.25. The Morgan fingerprint density at radius 2 is 1.81 bits per heavy atom. The van der Waals surface area contributed by atoms with Crippen LogP contribution in [-0.4, -0.2) is 13.0 Å². The van der Waals surface area contributed by atoms with E-state index in [4.69, 9.17) is 0 Å². The number of rotatable bonds is 3. The molecule has 1 aromatic carbocycles. The SMILES string of the molecule is Cn1c(C(C)(C)C)cs/c1=N/NS(=O)(=O)c1ccccc1. The number of hydrogen-bond acceptors (Lipinski definition) is 4. The summed E-state index contributed by atoms with van der Waals surface area (Å²) in [5, 5.41) is 6.03. The molecule has 0 aliphatic heterocycles. The molecule has 0 aliphatic carbocycles. The largest absolute Gasteiger partial charge is 0.322 e. The van der Waals surface area contributed by atoms with Crippen molar-refractivity contribution in [2.75, 3.05) is 0 Å². The molecule has 1 heterocycles. The van der Waals surface area contributed by atoms with Gasteiger partial charge in [-0.15, -0.1) is 16.4 Å². The lowest BCUT2D eigenvalue weighted by Gasteiger charge is -2.18. The topological polar surface area (TPSA) is 63.5 Å². The summed E-state index contributed by atoms with van der Waals surface area (Å²) in [6.45, 7) is 6.31. The molecular weight excluding hydrogens is 306 g/mol. The van der Waals surface area contributed by atoms with E-state index in [1.54, 1.807) is 18.2 Å². The fourth-order valence-electron chi connectivity index (χ4n) is 1.90. The molecule has 0 amide bonds. The Hall–Kier alpha value is -1.60. The van der Waals surface area contributed by atoms with Crippen molar-refractivity contribution in [1.29, 1.82) is 0 Å². The van der Waals surface area contributed by atoms with Gasteiger partial charge in [-0.3, -0.25) is 0 Å². The molecule has 0 fully saturated rings. The van der Waals surface area contributed by atoms with Crippen LogP contribution in [-0.2, 0) is 22.5 Å². The number of benzene rings is 1. The van der Waals surface area contributed by atoms with Crippen LogP contribution in [0.2, 0.25) is 0 Å². The molecule has 0 bridgehead atoms. The molecule has 2 aromatic rings. The van der Waals surface area contributed by atoms with Crippen molar-refractivity contribution in [3.63, 3.8) is 0 Å². The first-order valence-electron chi connectivity index (χ1n) is 6.47. The number of nitrogens with zero attached hydrogens (tertiary/aromatic N) is 2. The van der Waals surface area contributed by atoms with E-state index in [-0.39, 0.29) is 10.3 Å². The summed E-state index contributed by atoms with van der Waals surface area (Å²) in [6, 6.07) is 8.19. The van der Waals surface area contributed by atoms with Crippen LogP contribution in [0, 0.1) is 0 Å². The van der Waals surface area contributed by atoms with Gasteiger partial charge in [0.05, 0.1) is 4.90 Å². The van der Waals surface area contributed by atoms with E-state index in [2.05, 4.69) is 30.7 Å². The molecular formula is C14H19N3O2S2. The molecule has 5 nitrogen and oxygen atoms in total. The van der Waals surface area contributed by atoms with Crippen molar-refractivity contribution in [3.8, 4) is 0 Å². The predicted molar refractivity (Wildman–Crippen MR) is 84.3 cm³/mol. The van der Waals surface area contributed by atoms with E-state index >= 15 is 0 Å².